The smallest absolute Gasteiger partial charge is 0.382 e. The predicted octanol–water partition coefficient (Wildman–Crippen LogP) is 6.05. The van der Waals surface area contributed by atoms with Gasteiger partial charge in [0.25, 0.3) is 5.69 Å². The molecule has 3 aromatic rings. The van der Waals surface area contributed by atoms with E-state index in [1.807, 2.05) is 6.07 Å². The number of hydrogen-bond acceptors (Lipinski definition) is 7. The maximum Gasteiger partial charge on any atom is 0.423 e. The molecule has 8 nitrogen and oxygen atoms in total. The zero-order chi connectivity index (χ0) is 29.1. The van der Waals surface area contributed by atoms with E-state index in [-0.39, 0.29) is 36.2 Å². The minimum absolute atomic E-state index is 0.0120. The van der Waals surface area contributed by atoms with Gasteiger partial charge in [-0.3, -0.25) is 19.8 Å². The lowest BCUT2D eigenvalue weighted by Crippen LogP contribution is -2.49. The van der Waals surface area contributed by atoms with E-state index in [4.69, 9.17) is 4.74 Å². The Bertz CT molecular complexity index is 1400. The first-order valence-electron chi connectivity index (χ1n) is 13.5. The zero-order valence-corrected chi connectivity index (χ0v) is 23.0. The molecule has 0 bridgehead atoms. The largest absolute Gasteiger partial charge is 0.423 e. The van der Waals surface area contributed by atoms with Crippen LogP contribution >= 0.6 is 11.3 Å². The van der Waals surface area contributed by atoms with Gasteiger partial charge >= 0.3 is 6.18 Å². The number of fused-ring (bicyclic) bond motifs is 1. The third kappa shape index (κ3) is 7.32. The van der Waals surface area contributed by atoms with Crippen LogP contribution in [0.3, 0.4) is 0 Å². The van der Waals surface area contributed by atoms with Crippen LogP contribution < -0.4 is 5.32 Å². The molecule has 0 radical (unpaired) electrons. The highest BCUT2D eigenvalue weighted by atomic mass is 32.1. The first kappa shape index (κ1) is 29.2. The summed E-state index contributed by atoms with van der Waals surface area (Å²) in [5.41, 5.74) is -2.07. The van der Waals surface area contributed by atoms with Crippen LogP contribution in [0.1, 0.15) is 36.1 Å². The third-order valence-corrected chi connectivity index (χ3v) is 8.72. The Morgan fingerprint density at radius 1 is 1.05 bits per heavy atom. The van der Waals surface area contributed by atoms with Crippen LogP contribution in [-0.2, 0) is 22.3 Å². The fourth-order valence-electron chi connectivity index (χ4n) is 5.42. The van der Waals surface area contributed by atoms with Crippen molar-refractivity contribution in [3.63, 3.8) is 0 Å². The van der Waals surface area contributed by atoms with Gasteiger partial charge in [0.05, 0.1) is 11.0 Å². The van der Waals surface area contributed by atoms with Crippen molar-refractivity contribution >= 4 is 38.7 Å². The highest BCUT2D eigenvalue weighted by molar-refractivity contribution is 7.19. The number of nitro benzene ring substituents is 1. The number of anilines is 1. The third-order valence-electron chi connectivity index (χ3n) is 7.62. The number of carbonyl (C=O) groups is 1. The van der Waals surface area contributed by atoms with E-state index >= 15 is 0 Å². The lowest BCUT2D eigenvalue weighted by atomic mass is 9.92. The summed E-state index contributed by atoms with van der Waals surface area (Å²) in [6, 6.07) is 9.67. The van der Waals surface area contributed by atoms with Crippen LogP contribution in [0.2, 0.25) is 0 Å². The van der Waals surface area contributed by atoms with E-state index < -0.39 is 22.4 Å². The Morgan fingerprint density at radius 2 is 1.78 bits per heavy atom. The van der Waals surface area contributed by atoms with Crippen molar-refractivity contribution in [1.29, 1.82) is 0 Å². The molecule has 1 aliphatic heterocycles. The van der Waals surface area contributed by atoms with Crippen LogP contribution in [0, 0.1) is 15.9 Å². The number of hydrogen-bond donors (Lipinski definition) is 1. The number of thiophene rings is 1. The second-order valence-corrected chi connectivity index (χ2v) is 11.6. The Kier molecular flexibility index (Phi) is 8.76. The van der Waals surface area contributed by atoms with Crippen LogP contribution in [0.5, 0.6) is 0 Å². The number of alkyl halides is 3. The SMILES string of the molecule is O=C(CO[C@H]1CC[C@H](Nc2ccc([N+](=O)[O-])c(C(F)(F)F)c2)CC1)N1CCN(Cc2cc3cc(F)ccc3s2)CC1. The van der Waals surface area contributed by atoms with Crippen molar-refractivity contribution in [2.24, 2.45) is 0 Å². The standard InChI is InChI=1S/C28H30F4N4O4S/c29-19-1-8-26-18(13-19)14-23(41-26)16-34-9-11-35(12-10-34)27(37)17-40-22-5-2-20(3-6-22)33-21-4-7-25(36(38)39)24(15-21)28(30,31)32/h1,4,7-8,13-15,20,22,33H,2-3,5-6,9-12,16-17H2/t20-,22-. The molecule has 2 aliphatic rings. The normalized spacial score (nSPS) is 20.3. The first-order chi connectivity index (χ1) is 19.5. The highest BCUT2D eigenvalue weighted by Gasteiger charge is 2.38. The average Bonchev–Trinajstić information content (AvgIpc) is 3.33. The molecule has 1 amide bonds. The molecule has 0 atom stereocenters. The van der Waals surface area contributed by atoms with Crippen LogP contribution in [0.25, 0.3) is 10.1 Å². The molecule has 5 rings (SSSR count). The molecule has 2 fully saturated rings. The van der Waals surface area contributed by atoms with Gasteiger partial charge < -0.3 is 15.0 Å². The molecule has 1 saturated carbocycles. The second kappa shape index (κ2) is 12.3. The summed E-state index contributed by atoms with van der Waals surface area (Å²) in [5, 5.41) is 14.9. The van der Waals surface area contributed by atoms with E-state index in [0.29, 0.717) is 38.8 Å². The number of halogens is 4. The summed E-state index contributed by atoms with van der Waals surface area (Å²) in [6.07, 6.45) is -2.36. The van der Waals surface area contributed by atoms with Gasteiger partial charge in [-0.25, -0.2) is 4.39 Å². The van der Waals surface area contributed by atoms with E-state index in [2.05, 4.69) is 10.2 Å². The number of ether oxygens (including phenoxy) is 1. The van der Waals surface area contributed by atoms with Gasteiger partial charge in [0.2, 0.25) is 5.91 Å². The van der Waals surface area contributed by atoms with Crippen molar-refractivity contribution in [3.05, 3.63) is 68.8 Å². The topological polar surface area (TPSA) is 87.9 Å². The van der Waals surface area contributed by atoms with Gasteiger partial charge in [-0.05, 0) is 67.5 Å². The zero-order valence-electron chi connectivity index (χ0n) is 22.2. The fraction of sp³-hybridized carbons (Fsp3) is 0.464. The number of nitrogens with zero attached hydrogens (tertiary/aromatic N) is 3. The number of nitrogens with one attached hydrogen (secondary N) is 1. The maximum atomic E-state index is 13.5. The Hall–Kier alpha value is -3.29. The average molecular weight is 595 g/mol. The van der Waals surface area contributed by atoms with Gasteiger partial charge in [0.1, 0.15) is 18.0 Å². The van der Waals surface area contributed by atoms with Crippen molar-refractivity contribution in [3.8, 4) is 0 Å². The number of rotatable bonds is 8. The van der Waals surface area contributed by atoms with Gasteiger partial charge in [0, 0.05) is 60.1 Å². The molecule has 13 heteroatoms. The number of piperazine rings is 1. The molecule has 1 aliphatic carbocycles. The molecule has 2 heterocycles. The molecule has 0 spiro atoms. The number of benzene rings is 2. The van der Waals surface area contributed by atoms with Crippen LogP contribution in [-0.4, -0.2) is 65.6 Å². The van der Waals surface area contributed by atoms with Crippen molar-refractivity contribution < 1.29 is 32.0 Å². The maximum absolute atomic E-state index is 13.5. The summed E-state index contributed by atoms with van der Waals surface area (Å²) in [6.45, 7) is 3.44. The van der Waals surface area contributed by atoms with Gasteiger partial charge in [-0.2, -0.15) is 13.2 Å². The van der Waals surface area contributed by atoms with E-state index in [1.54, 1.807) is 28.4 Å². The number of carbonyl (C=O) groups excluding carboxylic acids is 1. The van der Waals surface area contributed by atoms with E-state index in [1.165, 1.54) is 12.1 Å². The predicted molar refractivity (Wildman–Crippen MR) is 147 cm³/mol. The quantitative estimate of drug-likeness (QED) is 0.194. The van der Waals surface area contributed by atoms with Crippen molar-refractivity contribution in [2.75, 3.05) is 38.1 Å². The minimum atomic E-state index is -4.83. The van der Waals surface area contributed by atoms with Crippen LogP contribution in [0.4, 0.5) is 28.9 Å². The van der Waals surface area contributed by atoms with E-state index in [0.717, 1.165) is 46.7 Å². The monoisotopic (exact) mass is 594 g/mol. The molecule has 1 saturated heterocycles. The summed E-state index contributed by atoms with van der Waals surface area (Å²) in [5.74, 6) is -0.307. The molecule has 41 heavy (non-hydrogen) atoms. The van der Waals surface area contributed by atoms with Gasteiger partial charge in [-0.1, -0.05) is 0 Å². The lowest BCUT2D eigenvalue weighted by Gasteiger charge is -2.35. The van der Waals surface area contributed by atoms with E-state index in [9.17, 15) is 32.5 Å². The summed E-state index contributed by atoms with van der Waals surface area (Å²) < 4.78 is 60.2. The molecular weight excluding hydrogens is 564 g/mol. The molecule has 1 N–H and O–H groups in total. The van der Waals surface area contributed by atoms with Crippen molar-refractivity contribution in [1.82, 2.24) is 9.80 Å². The first-order valence-corrected chi connectivity index (χ1v) is 14.3. The molecule has 2 aromatic carbocycles. The molecule has 220 valence electrons. The van der Waals surface area contributed by atoms with Crippen LogP contribution in [0.15, 0.2) is 42.5 Å². The molecule has 1 aromatic heterocycles. The Balaban J connectivity index is 1.03. The Labute approximate surface area is 238 Å². The van der Waals surface area contributed by atoms with Gasteiger partial charge in [0.15, 0.2) is 0 Å². The summed E-state index contributed by atoms with van der Waals surface area (Å²) >= 11 is 1.65. The number of amides is 1. The Morgan fingerprint density at radius 3 is 2.46 bits per heavy atom. The second-order valence-electron chi connectivity index (χ2n) is 10.5. The lowest BCUT2D eigenvalue weighted by molar-refractivity contribution is -0.388. The minimum Gasteiger partial charge on any atom is -0.382 e. The highest BCUT2D eigenvalue weighted by Crippen LogP contribution is 2.38. The van der Waals surface area contributed by atoms with Crippen molar-refractivity contribution in [2.45, 2.75) is 50.6 Å². The van der Waals surface area contributed by atoms with Gasteiger partial charge in [-0.15, -0.1) is 11.3 Å². The number of nitro groups is 1. The summed E-state index contributed by atoms with van der Waals surface area (Å²) in [4.78, 5) is 27.9. The molecule has 0 unspecified atom stereocenters. The fourth-order valence-corrected chi connectivity index (χ4v) is 6.51. The molecular formula is C28H30F4N4O4S. The summed E-state index contributed by atoms with van der Waals surface area (Å²) in [7, 11) is 0.